The molecule has 5 nitrogen and oxygen atoms in total. The largest absolute Gasteiger partial charge is 0.369 e. The minimum absolute atomic E-state index is 0.0336. The van der Waals surface area contributed by atoms with Crippen LogP contribution in [0.1, 0.15) is 16.1 Å². The van der Waals surface area contributed by atoms with Crippen molar-refractivity contribution in [1.29, 1.82) is 0 Å². The number of benzene rings is 1. The van der Waals surface area contributed by atoms with E-state index in [2.05, 4.69) is 10.3 Å². The normalized spacial score (nSPS) is 10.5. The van der Waals surface area contributed by atoms with E-state index in [1.54, 1.807) is 5.38 Å². The minimum Gasteiger partial charge on any atom is -0.369 e. The molecule has 0 bridgehead atoms. The molecule has 0 fully saturated rings. The van der Waals surface area contributed by atoms with Crippen molar-refractivity contribution in [1.82, 2.24) is 4.98 Å². The van der Waals surface area contributed by atoms with Gasteiger partial charge in [-0.3, -0.25) is 14.9 Å². The molecule has 0 spiro atoms. The van der Waals surface area contributed by atoms with Gasteiger partial charge in [-0.05, 0) is 12.1 Å². The molecule has 1 aromatic heterocycles. The molecule has 116 valence electrons. The fourth-order valence-corrected chi connectivity index (χ4v) is 3.28. The molecule has 0 saturated carbocycles. The summed E-state index contributed by atoms with van der Waals surface area (Å²) in [4.78, 5) is 26.9. The van der Waals surface area contributed by atoms with E-state index in [9.17, 15) is 14.0 Å². The van der Waals surface area contributed by atoms with Gasteiger partial charge in [0.15, 0.2) is 5.13 Å². The van der Waals surface area contributed by atoms with Crippen LogP contribution >= 0.6 is 34.7 Å². The zero-order chi connectivity index (χ0) is 16.1. The number of nitrogens with one attached hydrogen (secondary N) is 1. The van der Waals surface area contributed by atoms with E-state index < -0.39 is 17.6 Å². The SMILES string of the molecule is NC(=O)CSCc1csc(NC(=O)c2c(F)cccc2Cl)n1. The molecule has 0 aliphatic rings. The molecular formula is C13H11ClFN3O2S2. The van der Waals surface area contributed by atoms with Crippen LogP contribution in [0.5, 0.6) is 0 Å². The van der Waals surface area contributed by atoms with Crippen molar-refractivity contribution < 1.29 is 14.0 Å². The first-order chi connectivity index (χ1) is 10.5. The van der Waals surface area contributed by atoms with Crippen molar-refractivity contribution in [3.63, 3.8) is 0 Å². The number of halogens is 2. The number of hydrogen-bond donors (Lipinski definition) is 2. The second kappa shape index (κ2) is 7.57. The van der Waals surface area contributed by atoms with Crippen molar-refractivity contribution in [2.45, 2.75) is 5.75 Å². The Labute approximate surface area is 139 Å². The smallest absolute Gasteiger partial charge is 0.261 e. The quantitative estimate of drug-likeness (QED) is 0.830. The number of thioether (sulfide) groups is 1. The highest BCUT2D eigenvalue weighted by molar-refractivity contribution is 7.99. The summed E-state index contributed by atoms with van der Waals surface area (Å²) in [6, 6.07) is 4.02. The lowest BCUT2D eigenvalue weighted by Gasteiger charge is -2.05. The van der Waals surface area contributed by atoms with Crippen molar-refractivity contribution in [3.8, 4) is 0 Å². The maximum absolute atomic E-state index is 13.6. The van der Waals surface area contributed by atoms with Crippen LogP contribution in [0.15, 0.2) is 23.6 Å². The third-order valence-electron chi connectivity index (χ3n) is 2.46. The van der Waals surface area contributed by atoms with E-state index >= 15 is 0 Å². The summed E-state index contributed by atoms with van der Waals surface area (Å²) in [5.41, 5.74) is 5.52. The average molecular weight is 360 g/mol. The van der Waals surface area contributed by atoms with Crippen molar-refractivity contribution in [2.75, 3.05) is 11.1 Å². The molecule has 9 heteroatoms. The number of hydrogen-bond acceptors (Lipinski definition) is 5. The van der Waals surface area contributed by atoms with E-state index in [4.69, 9.17) is 17.3 Å². The Bertz CT molecular complexity index is 688. The monoisotopic (exact) mass is 359 g/mol. The lowest BCUT2D eigenvalue weighted by Crippen LogP contribution is -2.14. The van der Waals surface area contributed by atoms with E-state index in [0.717, 1.165) is 6.07 Å². The van der Waals surface area contributed by atoms with Gasteiger partial charge >= 0.3 is 0 Å². The Morgan fingerprint density at radius 1 is 1.45 bits per heavy atom. The number of anilines is 1. The predicted molar refractivity (Wildman–Crippen MR) is 86.8 cm³/mol. The number of carbonyl (C=O) groups is 2. The molecule has 0 radical (unpaired) electrons. The molecule has 0 aliphatic heterocycles. The van der Waals surface area contributed by atoms with E-state index in [-0.39, 0.29) is 16.3 Å². The molecule has 1 heterocycles. The van der Waals surface area contributed by atoms with Crippen molar-refractivity contribution in [2.24, 2.45) is 5.73 Å². The van der Waals surface area contributed by atoms with Crippen LogP contribution < -0.4 is 11.1 Å². The zero-order valence-corrected chi connectivity index (χ0v) is 13.5. The van der Waals surface area contributed by atoms with Crippen LogP contribution in [-0.4, -0.2) is 22.6 Å². The third kappa shape index (κ3) is 4.43. The lowest BCUT2D eigenvalue weighted by atomic mass is 10.2. The Morgan fingerprint density at radius 3 is 2.91 bits per heavy atom. The topological polar surface area (TPSA) is 85.1 Å². The second-order valence-corrected chi connectivity index (χ2v) is 6.40. The maximum atomic E-state index is 13.6. The van der Waals surface area contributed by atoms with Gasteiger partial charge in [-0.25, -0.2) is 9.37 Å². The number of primary amides is 1. The number of thiazole rings is 1. The molecular weight excluding hydrogens is 349 g/mol. The van der Waals surface area contributed by atoms with Gasteiger partial charge in [-0.2, -0.15) is 0 Å². The van der Waals surface area contributed by atoms with Gasteiger partial charge in [0.2, 0.25) is 5.91 Å². The van der Waals surface area contributed by atoms with Crippen LogP contribution in [0.4, 0.5) is 9.52 Å². The Morgan fingerprint density at radius 2 is 2.23 bits per heavy atom. The van der Waals surface area contributed by atoms with Gasteiger partial charge in [-0.15, -0.1) is 23.1 Å². The van der Waals surface area contributed by atoms with Gasteiger partial charge < -0.3 is 5.73 Å². The Kier molecular flexibility index (Phi) is 5.76. The molecule has 22 heavy (non-hydrogen) atoms. The van der Waals surface area contributed by atoms with Crippen molar-refractivity contribution >= 4 is 51.6 Å². The standard InChI is InChI=1S/C13H11ClFN3O2S2/c14-8-2-1-3-9(15)11(8)12(20)18-13-17-7(5-22-13)4-21-6-10(16)19/h1-3,5H,4,6H2,(H2,16,19)(H,17,18,20). The maximum Gasteiger partial charge on any atom is 0.261 e. The highest BCUT2D eigenvalue weighted by atomic mass is 35.5. The molecule has 1 aromatic carbocycles. The number of nitrogens with two attached hydrogens (primary N) is 1. The highest BCUT2D eigenvalue weighted by Gasteiger charge is 2.17. The summed E-state index contributed by atoms with van der Waals surface area (Å²) in [6.07, 6.45) is 0. The zero-order valence-electron chi connectivity index (χ0n) is 11.1. The van der Waals surface area contributed by atoms with Crippen LogP contribution in [-0.2, 0) is 10.5 Å². The summed E-state index contributed by atoms with van der Waals surface area (Å²) in [5.74, 6) is -1.06. The fraction of sp³-hybridized carbons (Fsp3) is 0.154. The first-order valence-corrected chi connectivity index (χ1v) is 8.44. The third-order valence-corrected chi connectivity index (χ3v) is 4.57. The summed E-state index contributed by atoms with van der Waals surface area (Å²) in [5, 5.41) is 4.61. The number of nitrogens with zero attached hydrogens (tertiary/aromatic N) is 1. The number of rotatable bonds is 6. The predicted octanol–water partition coefficient (Wildman–Crippen LogP) is 2.91. The summed E-state index contributed by atoms with van der Waals surface area (Å²) >= 11 is 8.36. The van der Waals surface area contributed by atoms with Crippen LogP contribution in [0.3, 0.4) is 0 Å². The van der Waals surface area contributed by atoms with Crippen molar-refractivity contribution in [3.05, 3.63) is 45.7 Å². The summed E-state index contributed by atoms with van der Waals surface area (Å²) < 4.78 is 13.6. The first kappa shape index (κ1) is 16.7. The fourth-order valence-electron chi connectivity index (χ4n) is 1.56. The molecule has 0 atom stereocenters. The van der Waals surface area contributed by atoms with Gasteiger partial charge in [0.05, 0.1) is 22.0 Å². The van der Waals surface area contributed by atoms with Gasteiger partial charge in [-0.1, -0.05) is 17.7 Å². The van der Waals surface area contributed by atoms with Gasteiger partial charge in [0.1, 0.15) is 5.82 Å². The Hall–Kier alpha value is -1.64. The summed E-state index contributed by atoms with van der Waals surface area (Å²) in [6.45, 7) is 0. The number of carbonyl (C=O) groups excluding carboxylic acids is 2. The molecule has 2 aromatic rings. The minimum atomic E-state index is -0.696. The first-order valence-electron chi connectivity index (χ1n) is 6.03. The molecule has 3 N–H and O–H groups in total. The lowest BCUT2D eigenvalue weighted by molar-refractivity contribution is -0.115. The number of aromatic nitrogens is 1. The van der Waals surface area contributed by atoms with Crippen LogP contribution in [0, 0.1) is 5.82 Å². The van der Waals surface area contributed by atoms with Crippen LogP contribution in [0.2, 0.25) is 5.02 Å². The highest BCUT2D eigenvalue weighted by Crippen LogP contribution is 2.23. The average Bonchev–Trinajstić information content (AvgIpc) is 2.85. The number of amides is 2. The molecule has 0 saturated heterocycles. The van der Waals surface area contributed by atoms with Crippen LogP contribution in [0.25, 0.3) is 0 Å². The Balaban J connectivity index is 2.01. The molecule has 2 rings (SSSR count). The van der Waals surface area contributed by atoms with Gasteiger partial charge in [0.25, 0.3) is 5.91 Å². The molecule has 0 unspecified atom stereocenters. The summed E-state index contributed by atoms with van der Waals surface area (Å²) in [7, 11) is 0. The van der Waals surface area contributed by atoms with E-state index in [1.807, 2.05) is 0 Å². The molecule has 0 aliphatic carbocycles. The van der Waals surface area contributed by atoms with E-state index in [1.165, 1.54) is 35.2 Å². The van der Waals surface area contributed by atoms with E-state index in [0.29, 0.717) is 16.6 Å². The second-order valence-electron chi connectivity index (χ2n) is 4.15. The van der Waals surface area contributed by atoms with Gasteiger partial charge in [0, 0.05) is 11.1 Å². The molecule has 2 amide bonds.